The molecule has 1 aromatic carbocycles. The second-order valence-corrected chi connectivity index (χ2v) is 5.09. The number of halogens is 2. The van der Waals surface area contributed by atoms with Gasteiger partial charge in [-0.15, -0.1) is 11.6 Å². The summed E-state index contributed by atoms with van der Waals surface area (Å²) >= 11 is 9.29. The fourth-order valence-electron chi connectivity index (χ4n) is 1.62. The van der Waals surface area contributed by atoms with Crippen LogP contribution in [-0.2, 0) is 12.5 Å². The second kappa shape index (κ2) is 6.78. The first-order valence-electron chi connectivity index (χ1n) is 5.68. The van der Waals surface area contributed by atoms with Crippen molar-refractivity contribution in [2.45, 2.75) is 12.5 Å². The summed E-state index contributed by atoms with van der Waals surface area (Å²) in [7, 11) is 1.63. The summed E-state index contributed by atoms with van der Waals surface area (Å²) in [5, 5.41) is 0. The molecule has 0 N–H and O–H groups in total. The fraction of sp³-hybridized carbons (Fsp3) is 0.214. The van der Waals surface area contributed by atoms with Crippen LogP contribution in [0.25, 0.3) is 0 Å². The zero-order valence-electron chi connectivity index (χ0n) is 10.4. The highest BCUT2D eigenvalue weighted by atomic mass is 79.9. The van der Waals surface area contributed by atoms with Crippen LogP contribution in [-0.4, -0.2) is 12.1 Å². The highest BCUT2D eigenvalue weighted by molar-refractivity contribution is 9.10. The van der Waals surface area contributed by atoms with Crippen LogP contribution in [0.15, 0.2) is 41.1 Å². The van der Waals surface area contributed by atoms with Crippen molar-refractivity contribution in [3.63, 3.8) is 0 Å². The Morgan fingerprint density at radius 3 is 2.79 bits per heavy atom. The molecule has 0 aliphatic carbocycles. The molecule has 0 fully saturated rings. The number of methoxy groups -OCH3 is 1. The molecular formula is C14H13BrClNO2. The largest absolute Gasteiger partial charge is 0.497 e. The van der Waals surface area contributed by atoms with Crippen LogP contribution in [0.5, 0.6) is 11.5 Å². The molecule has 100 valence electrons. The SMILES string of the molecule is COc1ccc(OCc2cncc(Br)c2)c(CCl)c1. The molecule has 0 aliphatic heterocycles. The number of ether oxygens (including phenoxy) is 2. The minimum atomic E-state index is 0.378. The van der Waals surface area contributed by atoms with E-state index in [1.54, 1.807) is 19.5 Å². The summed E-state index contributed by atoms with van der Waals surface area (Å²) in [5.74, 6) is 1.91. The van der Waals surface area contributed by atoms with Gasteiger partial charge in [-0.1, -0.05) is 0 Å². The maximum atomic E-state index is 5.91. The van der Waals surface area contributed by atoms with E-state index in [0.717, 1.165) is 27.1 Å². The number of rotatable bonds is 5. The van der Waals surface area contributed by atoms with E-state index in [2.05, 4.69) is 20.9 Å². The molecular weight excluding hydrogens is 330 g/mol. The van der Waals surface area contributed by atoms with Gasteiger partial charge in [-0.3, -0.25) is 4.98 Å². The normalized spacial score (nSPS) is 10.3. The predicted molar refractivity (Wildman–Crippen MR) is 78.8 cm³/mol. The van der Waals surface area contributed by atoms with Gasteiger partial charge in [0.25, 0.3) is 0 Å². The third-order valence-corrected chi connectivity index (χ3v) is 3.29. The van der Waals surface area contributed by atoms with Gasteiger partial charge in [0.2, 0.25) is 0 Å². The number of pyridine rings is 1. The number of benzene rings is 1. The average molecular weight is 343 g/mol. The molecule has 0 atom stereocenters. The van der Waals surface area contributed by atoms with Crippen molar-refractivity contribution in [1.82, 2.24) is 4.98 Å². The molecule has 1 heterocycles. The first-order chi connectivity index (χ1) is 9.22. The molecule has 0 amide bonds. The highest BCUT2D eigenvalue weighted by Gasteiger charge is 2.05. The summed E-state index contributed by atoms with van der Waals surface area (Å²) in [4.78, 5) is 4.09. The molecule has 0 saturated carbocycles. The molecule has 1 aromatic heterocycles. The van der Waals surface area contributed by atoms with E-state index in [9.17, 15) is 0 Å². The number of aromatic nitrogens is 1. The molecule has 0 saturated heterocycles. The molecule has 0 radical (unpaired) electrons. The zero-order chi connectivity index (χ0) is 13.7. The zero-order valence-corrected chi connectivity index (χ0v) is 12.7. The predicted octanol–water partition coefficient (Wildman–Crippen LogP) is 4.17. The van der Waals surface area contributed by atoms with Crippen LogP contribution in [0.2, 0.25) is 0 Å². The minimum absolute atomic E-state index is 0.378. The Balaban J connectivity index is 2.11. The van der Waals surface area contributed by atoms with Crippen LogP contribution in [0.3, 0.4) is 0 Å². The number of hydrogen-bond donors (Lipinski definition) is 0. The molecule has 0 spiro atoms. The van der Waals surface area contributed by atoms with Crippen molar-refractivity contribution in [2.24, 2.45) is 0 Å². The van der Waals surface area contributed by atoms with E-state index < -0.39 is 0 Å². The number of hydrogen-bond acceptors (Lipinski definition) is 3. The molecule has 0 unspecified atom stereocenters. The van der Waals surface area contributed by atoms with Crippen LogP contribution >= 0.6 is 27.5 Å². The molecule has 3 nitrogen and oxygen atoms in total. The maximum absolute atomic E-state index is 5.91. The molecule has 5 heteroatoms. The van der Waals surface area contributed by atoms with Crippen molar-refractivity contribution in [3.8, 4) is 11.5 Å². The average Bonchev–Trinajstić information content (AvgIpc) is 2.45. The molecule has 2 rings (SSSR count). The molecule has 0 aliphatic rings. The number of nitrogens with zero attached hydrogens (tertiary/aromatic N) is 1. The lowest BCUT2D eigenvalue weighted by atomic mass is 10.2. The van der Waals surface area contributed by atoms with E-state index in [1.165, 1.54) is 0 Å². The van der Waals surface area contributed by atoms with Crippen LogP contribution in [0.1, 0.15) is 11.1 Å². The minimum Gasteiger partial charge on any atom is -0.497 e. The standard InChI is InChI=1S/C14H13BrClNO2/c1-18-13-2-3-14(11(5-13)6-16)19-9-10-4-12(15)8-17-7-10/h2-5,7-8H,6,9H2,1H3. The van der Waals surface area contributed by atoms with Crippen LogP contribution in [0, 0.1) is 0 Å². The lowest BCUT2D eigenvalue weighted by Crippen LogP contribution is -1.99. The number of alkyl halides is 1. The molecule has 0 bridgehead atoms. The third kappa shape index (κ3) is 3.85. The fourth-order valence-corrected chi connectivity index (χ4v) is 2.25. The third-order valence-electron chi connectivity index (χ3n) is 2.57. The van der Waals surface area contributed by atoms with Crippen molar-refractivity contribution >= 4 is 27.5 Å². The lowest BCUT2D eigenvalue weighted by molar-refractivity contribution is 0.302. The summed E-state index contributed by atoms with van der Waals surface area (Å²) in [6, 6.07) is 7.56. The first kappa shape index (κ1) is 14.2. The van der Waals surface area contributed by atoms with Crippen LogP contribution in [0.4, 0.5) is 0 Å². The Labute approximate surface area is 125 Å². The van der Waals surface area contributed by atoms with Crippen molar-refractivity contribution in [1.29, 1.82) is 0 Å². The summed E-state index contributed by atoms with van der Waals surface area (Å²) in [5.41, 5.74) is 1.90. The van der Waals surface area contributed by atoms with Gasteiger partial charge >= 0.3 is 0 Å². The van der Waals surface area contributed by atoms with E-state index in [4.69, 9.17) is 21.1 Å². The van der Waals surface area contributed by atoms with Gasteiger partial charge in [0.05, 0.1) is 13.0 Å². The van der Waals surface area contributed by atoms with Crippen molar-refractivity contribution < 1.29 is 9.47 Å². The van der Waals surface area contributed by atoms with E-state index >= 15 is 0 Å². The Bertz CT molecular complexity index is 563. The Hall–Kier alpha value is -1.26. The van der Waals surface area contributed by atoms with E-state index in [1.807, 2.05) is 24.3 Å². The first-order valence-corrected chi connectivity index (χ1v) is 7.01. The Kier molecular flexibility index (Phi) is 5.05. The van der Waals surface area contributed by atoms with Gasteiger partial charge in [0, 0.05) is 28.0 Å². The Morgan fingerprint density at radius 2 is 2.11 bits per heavy atom. The van der Waals surface area contributed by atoms with E-state index in [0.29, 0.717) is 12.5 Å². The van der Waals surface area contributed by atoms with Crippen LogP contribution < -0.4 is 9.47 Å². The molecule has 19 heavy (non-hydrogen) atoms. The van der Waals surface area contributed by atoms with Crippen molar-refractivity contribution in [2.75, 3.05) is 7.11 Å². The second-order valence-electron chi connectivity index (χ2n) is 3.91. The summed E-state index contributed by atoms with van der Waals surface area (Å²) < 4.78 is 11.9. The topological polar surface area (TPSA) is 31.4 Å². The van der Waals surface area contributed by atoms with Gasteiger partial charge in [-0.05, 0) is 40.2 Å². The van der Waals surface area contributed by atoms with Crippen molar-refractivity contribution in [3.05, 3.63) is 52.3 Å². The Morgan fingerprint density at radius 1 is 1.26 bits per heavy atom. The van der Waals surface area contributed by atoms with Gasteiger partial charge in [-0.2, -0.15) is 0 Å². The highest BCUT2D eigenvalue weighted by Crippen LogP contribution is 2.26. The lowest BCUT2D eigenvalue weighted by Gasteiger charge is -2.11. The monoisotopic (exact) mass is 341 g/mol. The smallest absolute Gasteiger partial charge is 0.124 e. The van der Waals surface area contributed by atoms with Gasteiger partial charge < -0.3 is 9.47 Å². The summed E-state index contributed by atoms with van der Waals surface area (Å²) in [6.07, 6.45) is 3.51. The van der Waals surface area contributed by atoms with E-state index in [-0.39, 0.29) is 0 Å². The molecule has 2 aromatic rings. The van der Waals surface area contributed by atoms with Gasteiger partial charge in [0.1, 0.15) is 18.1 Å². The van der Waals surface area contributed by atoms with Gasteiger partial charge in [0.15, 0.2) is 0 Å². The van der Waals surface area contributed by atoms with Gasteiger partial charge in [-0.25, -0.2) is 0 Å². The summed E-state index contributed by atoms with van der Waals surface area (Å²) in [6.45, 7) is 0.447. The quantitative estimate of drug-likeness (QED) is 0.764. The maximum Gasteiger partial charge on any atom is 0.124 e.